The van der Waals surface area contributed by atoms with Crippen molar-refractivity contribution in [2.24, 2.45) is 5.73 Å². The van der Waals surface area contributed by atoms with Gasteiger partial charge in [-0.3, -0.25) is 0 Å². The van der Waals surface area contributed by atoms with Crippen molar-refractivity contribution in [1.82, 2.24) is 9.62 Å². The van der Waals surface area contributed by atoms with E-state index in [1.54, 1.807) is 0 Å². The Morgan fingerprint density at radius 2 is 2.16 bits per heavy atom. The lowest BCUT2D eigenvalue weighted by molar-refractivity contribution is 0.407. The van der Waals surface area contributed by atoms with E-state index in [2.05, 4.69) is 9.62 Å². The summed E-state index contributed by atoms with van der Waals surface area (Å²) in [5.74, 6) is 0.0149. The highest BCUT2D eigenvalue weighted by atomic mass is 32.2. The highest BCUT2D eigenvalue weighted by Gasteiger charge is 2.24. The fourth-order valence-electron chi connectivity index (χ4n) is 2.39. The number of nitrogens with one attached hydrogen (secondary N) is 1. The smallest absolute Gasteiger partial charge is 0.216 e. The third kappa shape index (κ3) is 4.28. The molecule has 1 saturated heterocycles. The average molecular weight is 283 g/mol. The molecule has 0 aliphatic carbocycles. The van der Waals surface area contributed by atoms with Crippen molar-refractivity contribution in [3.05, 3.63) is 35.4 Å². The normalized spacial score (nSPS) is 20.8. The lowest BCUT2D eigenvalue weighted by atomic mass is 10.1. The van der Waals surface area contributed by atoms with Gasteiger partial charge in [0, 0.05) is 19.1 Å². The van der Waals surface area contributed by atoms with Crippen molar-refractivity contribution in [1.29, 1.82) is 0 Å². The zero-order chi connectivity index (χ0) is 13.9. The molecule has 0 spiro atoms. The van der Waals surface area contributed by atoms with Crippen LogP contribution in [0, 0.1) is 0 Å². The largest absolute Gasteiger partial charge is 0.326 e. The van der Waals surface area contributed by atoms with Crippen LogP contribution in [0.3, 0.4) is 0 Å². The molecule has 1 heterocycles. The lowest BCUT2D eigenvalue weighted by Crippen LogP contribution is -2.37. The molecule has 1 aromatic rings. The van der Waals surface area contributed by atoms with E-state index in [9.17, 15) is 8.42 Å². The molecular formula is C13H21N3O2S. The Morgan fingerprint density at radius 3 is 2.79 bits per heavy atom. The summed E-state index contributed by atoms with van der Waals surface area (Å²) in [5.41, 5.74) is 7.29. The molecule has 106 valence electrons. The SMILES string of the molecule is CN1CCC(NS(=O)(=O)Cc2cccc(CN)c2)C1. The second-order valence-electron chi connectivity index (χ2n) is 5.15. The number of likely N-dealkylation sites (N-methyl/N-ethyl adjacent to an activating group) is 1. The van der Waals surface area contributed by atoms with Crippen LogP contribution >= 0.6 is 0 Å². The molecule has 2 rings (SSSR count). The van der Waals surface area contributed by atoms with Crippen LogP contribution < -0.4 is 10.5 Å². The van der Waals surface area contributed by atoms with Gasteiger partial charge in [-0.2, -0.15) is 0 Å². The summed E-state index contributed by atoms with van der Waals surface area (Å²) in [4.78, 5) is 2.13. The van der Waals surface area contributed by atoms with Crippen LogP contribution in [-0.2, 0) is 22.3 Å². The standard InChI is InChI=1S/C13H21N3O2S/c1-16-6-5-13(9-16)15-19(17,18)10-12-4-2-3-11(7-12)8-14/h2-4,7,13,15H,5-6,8-10,14H2,1H3. The quantitative estimate of drug-likeness (QED) is 0.813. The van der Waals surface area contributed by atoms with Crippen LogP contribution in [0.1, 0.15) is 17.5 Å². The van der Waals surface area contributed by atoms with Gasteiger partial charge < -0.3 is 10.6 Å². The molecule has 19 heavy (non-hydrogen) atoms. The third-order valence-corrected chi connectivity index (χ3v) is 4.73. The monoisotopic (exact) mass is 283 g/mol. The summed E-state index contributed by atoms with van der Waals surface area (Å²) in [6, 6.07) is 7.44. The summed E-state index contributed by atoms with van der Waals surface area (Å²) in [7, 11) is -1.28. The van der Waals surface area contributed by atoms with Crippen LogP contribution in [0.15, 0.2) is 24.3 Å². The predicted molar refractivity (Wildman–Crippen MR) is 76.0 cm³/mol. The maximum Gasteiger partial charge on any atom is 0.216 e. The third-order valence-electron chi connectivity index (χ3n) is 3.32. The van der Waals surface area contributed by atoms with Crippen LogP contribution in [0.2, 0.25) is 0 Å². The minimum atomic E-state index is -3.28. The van der Waals surface area contributed by atoms with E-state index in [4.69, 9.17) is 5.73 Å². The molecule has 3 N–H and O–H groups in total. The Balaban J connectivity index is 2.00. The van der Waals surface area contributed by atoms with Gasteiger partial charge in [-0.05, 0) is 31.1 Å². The van der Waals surface area contributed by atoms with Gasteiger partial charge in [-0.15, -0.1) is 0 Å². The molecule has 1 aromatic carbocycles. The van der Waals surface area contributed by atoms with Gasteiger partial charge in [0.25, 0.3) is 0 Å². The Labute approximate surface area is 114 Å². The van der Waals surface area contributed by atoms with Crippen LogP contribution in [0.5, 0.6) is 0 Å². The summed E-state index contributed by atoms with van der Waals surface area (Å²) in [6.45, 7) is 2.15. The number of sulfonamides is 1. The summed E-state index contributed by atoms with van der Waals surface area (Å²) in [6.07, 6.45) is 0.874. The molecule has 1 unspecified atom stereocenters. The molecule has 0 bridgehead atoms. The van der Waals surface area contributed by atoms with E-state index >= 15 is 0 Å². The second kappa shape index (κ2) is 6.00. The highest BCUT2D eigenvalue weighted by Crippen LogP contribution is 2.12. The van der Waals surface area contributed by atoms with Gasteiger partial charge in [0.05, 0.1) is 5.75 Å². The van der Waals surface area contributed by atoms with Gasteiger partial charge in [-0.1, -0.05) is 24.3 Å². The van der Waals surface area contributed by atoms with Crippen molar-refractivity contribution < 1.29 is 8.42 Å². The average Bonchev–Trinajstić information content (AvgIpc) is 2.73. The molecule has 1 aliphatic rings. The van der Waals surface area contributed by atoms with Crippen LogP contribution in [0.25, 0.3) is 0 Å². The minimum absolute atomic E-state index is 0.0149. The molecule has 5 nitrogen and oxygen atoms in total. The Morgan fingerprint density at radius 1 is 1.42 bits per heavy atom. The van der Waals surface area contributed by atoms with Gasteiger partial charge in [-0.25, -0.2) is 13.1 Å². The number of likely N-dealkylation sites (tertiary alicyclic amines) is 1. The first-order chi connectivity index (χ1) is 8.98. The van der Waals surface area contributed by atoms with Crippen molar-refractivity contribution in [3.63, 3.8) is 0 Å². The maximum atomic E-state index is 12.1. The summed E-state index contributed by atoms with van der Waals surface area (Å²) >= 11 is 0. The van der Waals surface area contributed by atoms with E-state index < -0.39 is 10.0 Å². The fourth-order valence-corrected chi connectivity index (χ4v) is 3.79. The molecule has 0 amide bonds. The van der Waals surface area contributed by atoms with Crippen molar-refractivity contribution >= 4 is 10.0 Å². The van der Waals surface area contributed by atoms with Crippen LogP contribution in [-0.4, -0.2) is 39.5 Å². The topological polar surface area (TPSA) is 75.4 Å². The van der Waals surface area contributed by atoms with Crippen molar-refractivity contribution in [3.8, 4) is 0 Å². The van der Waals surface area contributed by atoms with E-state index in [1.807, 2.05) is 31.3 Å². The second-order valence-corrected chi connectivity index (χ2v) is 6.90. The predicted octanol–water partition coefficient (Wildman–Crippen LogP) is 0.269. The van der Waals surface area contributed by atoms with Gasteiger partial charge >= 0.3 is 0 Å². The van der Waals surface area contributed by atoms with E-state index in [-0.39, 0.29) is 11.8 Å². The first-order valence-corrected chi connectivity index (χ1v) is 8.10. The highest BCUT2D eigenvalue weighted by molar-refractivity contribution is 7.88. The number of rotatable bonds is 5. The molecule has 1 fully saturated rings. The first-order valence-electron chi connectivity index (χ1n) is 6.45. The number of hydrogen-bond donors (Lipinski definition) is 2. The molecule has 0 saturated carbocycles. The summed E-state index contributed by atoms with van der Waals surface area (Å²) in [5, 5.41) is 0. The zero-order valence-corrected chi connectivity index (χ0v) is 12.0. The minimum Gasteiger partial charge on any atom is -0.326 e. The maximum absolute atomic E-state index is 12.1. The number of hydrogen-bond acceptors (Lipinski definition) is 4. The molecule has 1 atom stereocenters. The van der Waals surface area contributed by atoms with Crippen LogP contribution in [0.4, 0.5) is 0 Å². The van der Waals surface area contributed by atoms with Crippen molar-refractivity contribution in [2.75, 3.05) is 20.1 Å². The Hall–Kier alpha value is -0.950. The lowest BCUT2D eigenvalue weighted by Gasteiger charge is -2.13. The van der Waals surface area contributed by atoms with E-state index in [0.29, 0.717) is 6.54 Å². The Bertz CT molecular complexity index is 530. The molecular weight excluding hydrogens is 262 g/mol. The van der Waals surface area contributed by atoms with E-state index in [0.717, 1.165) is 30.6 Å². The van der Waals surface area contributed by atoms with Crippen molar-refractivity contribution in [2.45, 2.75) is 24.8 Å². The molecule has 0 radical (unpaired) electrons. The van der Waals surface area contributed by atoms with Gasteiger partial charge in [0.15, 0.2) is 0 Å². The first kappa shape index (κ1) is 14.5. The molecule has 6 heteroatoms. The van der Waals surface area contributed by atoms with E-state index in [1.165, 1.54) is 0 Å². The summed E-state index contributed by atoms with van der Waals surface area (Å²) < 4.78 is 27.0. The number of nitrogens with two attached hydrogens (primary N) is 1. The molecule has 0 aromatic heterocycles. The Kier molecular flexibility index (Phi) is 4.57. The number of benzene rings is 1. The fraction of sp³-hybridized carbons (Fsp3) is 0.538. The zero-order valence-electron chi connectivity index (χ0n) is 11.2. The van der Waals surface area contributed by atoms with Gasteiger partial charge in [0.2, 0.25) is 10.0 Å². The molecule has 1 aliphatic heterocycles. The number of nitrogens with zero attached hydrogens (tertiary/aromatic N) is 1. The van der Waals surface area contributed by atoms with Gasteiger partial charge in [0.1, 0.15) is 0 Å².